The molecular formula is C9H14N4O. The highest BCUT2D eigenvalue weighted by molar-refractivity contribution is 5.94. The molecule has 0 radical (unpaired) electrons. The Bertz CT molecular complexity index is 327. The predicted molar refractivity (Wildman–Crippen MR) is 52.9 cm³/mol. The molecule has 1 amide bonds. The van der Waals surface area contributed by atoms with Gasteiger partial charge in [-0.15, -0.1) is 0 Å². The molecule has 0 aromatic carbocycles. The van der Waals surface area contributed by atoms with Gasteiger partial charge in [0.2, 0.25) is 5.91 Å². The number of nitrogens with zero attached hydrogens (tertiary/aromatic N) is 2. The van der Waals surface area contributed by atoms with Gasteiger partial charge in [0, 0.05) is 13.2 Å². The van der Waals surface area contributed by atoms with Crippen molar-refractivity contribution < 1.29 is 4.79 Å². The fourth-order valence-corrected chi connectivity index (χ4v) is 1.62. The van der Waals surface area contributed by atoms with Crippen LogP contribution in [-0.2, 0) is 11.8 Å². The molecule has 14 heavy (non-hydrogen) atoms. The first-order chi connectivity index (χ1) is 6.75. The van der Waals surface area contributed by atoms with Crippen LogP contribution in [0.1, 0.15) is 12.8 Å². The van der Waals surface area contributed by atoms with Crippen molar-refractivity contribution in [1.29, 1.82) is 0 Å². The number of amides is 1. The third-order valence-corrected chi connectivity index (χ3v) is 2.35. The number of carbonyl (C=O) groups excluding carboxylic acids is 1. The van der Waals surface area contributed by atoms with Crippen molar-refractivity contribution in [3.8, 4) is 0 Å². The zero-order valence-electron chi connectivity index (χ0n) is 8.16. The highest BCUT2D eigenvalue weighted by atomic mass is 16.2. The van der Waals surface area contributed by atoms with Crippen molar-refractivity contribution in [1.82, 2.24) is 15.1 Å². The second-order valence-corrected chi connectivity index (χ2v) is 3.54. The SMILES string of the molecule is Cn1cc(NC(=O)[C@@H]2CCCN2)cn1. The molecule has 1 atom stereocenters. The Morgan fingerprint density at radius 3 is 3.21 bits per heavy atom. The van der Waals surface area contributed by atoms with E-state index in [1.165, 1.54) is 0 Å². The predicted octanol–water partition coefficient (Wildman–Crippen LogP) is 0.111. The summed E-state index contributed by atoms with van der Waals surface area (Å²) in [5.41, 5.74) is 0.756. The molecule has 1 aliphatic heterocycles. The van der Waals surface area contributed by atoms with Gasteiger partial charge in [0.05, 0.1) is 17.9 Å². The third-order valence-electron chi connectivity index (χ3n) is 2.35. The van der Waals surface area contributed by atoms with Gasteiger partial charge in [-0.05, 0) is 19.4 Å². The van der Waals surface area contributed by atoms with Crippen LogP contribution in [0.3, 0.4) is 0 Å². The fraction of sp³-hybridized carbons (Fsp3) is 0.556. The summed E-state index contributed by atoms with van der Waals surface area (Å²) in [6, 6.07) is -0.0322. The van der Waals surface area contributed by atoms with Gasteiger partial charge >= 0.3 is 0 Å². The van der Waals surface area contributed by atoms with E-state index in [9.17, 15) is 4.79 Å². The summed E-state index contributed by atoms with van der Waals surface area (Å²) in [5, 5.41) is 9.94. The molecule has 1 aromatic heterocycles. The smallest absolute Gasteiger partial charge is 0.241 e. The van der Waals surface area contributed by atoms with Crippen molar-refractivity contribution in [3.05, 3.63) is 12.4 Å². The fourth-order valence-electron chi connectivity index (χ4n) is 1.62. The van der Waals surface area contributed by atoms with E-state index in [2.05, 4.69) is 15.7 Å². The molecule has 5 heteroatoms. The monoisotopic (exact) mass is 194 g/mol. The van der Waals surface area contributed by atoms with Gasteiger partial charge in [-0.2, -0.15) is 5.10 Å². The van der Waals surface area contributed by atoms with E-state index in [1.807, 2.05) is 7.05 Å². The molecule has 2 heterocycles. The maximum absolute atomic E-state index is 11.6. The largest absolute Gasteiger partial charge is 0.322 e. The molecule has 0 spiro atoms. The second-order valence-electron chi connectivity index (χ2n) is 3.54. The van der Waals surface area contributed by atoms with Gasteiger partial charge in [-0.3, -0.25) is 9.48 Å². The number of hydrogen-bond donors (Lipinski definition) is 2. The maximum atomic E-state index is 11.6. The van der Waals surface area contributed by atoms with Gasteiger partial charge in [-0.1, -0.05) is 0 Å². The first kappa shape index (κ1) is 9.21. The number of aryl methyl sites for hydroxylation is 1. The van der Waals surface area contributed by atoms with E-state index < -0.39 is 0 Å². The first-order valence-corrected chi connectivity index (χ1v) is 4.78. The normalized spacial score (nSPS) is 21.1. The molecule has 1 fully saturated rings. The molecule has 1 aliphatic rings. The number of rotatable bonds is 2. The van der Waals surface area contributed by atoms with Crippen molar-refractivity contribution in [2.45, 2.75) is 18.9 Å². The van der Waals surface area contributed by atoms with Crippen LogP contribution in [0.25, 0.3) is 0 Å². The molecule has 5 nitrogen and oxygen atoms in total. The lowest BCUT2D eigenvalue weighted by atomic mass is 10.2. The molecule has 1 aromatic rings. The highest BCUT2D eigenvalue weighted by Gasteiger charge is 2.21. The van der Waals surface area contributed by atoms with Crippen molar-refractivity contribution in [2.24, 2.45) is 7.05 Å². The number of aromatic nitrogens is 2. The van der Waals surface area contributed by atoms with Crippen LogP contribution >= 0.6 is 0 Å². The van der Waals surface area contributed by atoms with Gasteiger partial charge in [0.25, 0.3) is 0 Å². The van der Waals surface area contributed by atoms with Gasteiger partial charge in [0.1, 0.15) is 0 Å². The summed E-state index contributed by atoms with van der Waals surface area (Å²) in [6.07, 6.45) is 5.43. The van der Waals surface area contributed by atoms with E-state index in [0.717, 1.165) is 25.1 Å². The lowest BCUT2D eigenvalue weighted by molar-refractivity contribution is -0.117. The highest BCUT2D eigenvalue weighted by Crippen LogP contribution is 2.09. The molecular weight excluding hydrogens is 180 g/mol. The summed E-state index contributed by atoms with van der Waals surface area (Å²) >= 11 is 0. The Morgan fingerprint density at radius 2 is 2.64 bits per heavy atom. The van der Waals surface area contributed by atoms with Crippen LogP contribution in [0.5, 0.6) is 0 Å². The Kier molecular flexibility index (Phi) is 2.49. The van der Waals surface area contributed by atoms with Gasteiger partial charge in [0.15, 0.2) is 0 Å². The van der Waals surface area contributed by atoms with E-state index >= 15 is 0 Å². The molecule has 0 unspecified atom stereocenters. The van der Waals surface area contributed by atoms with E-state index in [-0.39, 0.29) is 11.9 Å². The van der Waals surface area contributed by atoms with Crippen LogP contribution in [0.15, 0.2) is 12.4 Å². The standard InChI is InChI=1S/C9H14N4O/c1-13-6-7(5-11-13)12-9(14)8-3-2-4-10-8/h5-6,8,10H,2-4H2,1H3,(H,12,14)/t8-/m0/s1. The Morgan fingerprint density at radius 1 is 1.79 bits per heavy atom. The third kappa shape index (κ3) is 1.93. The molecule has 2 rings (SSSR count). The first-order valence-electron chi connectivity index (χ1n) is 4.78. The van der Waals surface area contributed by atoms with Crippen LogP contribution in [0.4, 0.5) is 5.69 Å². The average molecular weight is 194 g/mol. The summed E-state index contributed by atoms with van der Waals surface area (Å²) in [7, 11) is 1.82. The maximum Gasteiger partial charge on any atom is 0.241 e. The van der Waals surface area contributed by atoms with Crippen LogP contribution in [0, 0.1) is 0 Å². The molecule has 0 aliphatic carbocycles. The topological polar surface area (TPSA) is 59.0 Å². The Labute approximate surface area is 82.5 Å². The summed E-state index contributed by atoms with van der Waals surface area (Å²) in [4.78, 5) is 11.6. The van der Waals surface area contributed by atoms with E-state index in [1.54, 1.807) is 17.1 Å². The quantitative estimate of drug-likeness (QED) is 0.702. The summed E-state index contributed by atoms with van der Waals surface area (Å²) in [5.74, 6) is 0.0375. The van der Waals surface area contributed by atoms with E-state index in [0.29, 0.717) is 0 Å². The van der Waals surface area contributed by atoms with Crippen molar-refractivity contribution in [2.75, 3.05) is 11.9 Å². The summed E-state index contributed by atoms with van der Waals surface area (Å²) in [6.45, 7) is 0.936. The van der Waals surface area contributed by atoms with Crippen molar-refractivity contribution >= 4 is 11.6 Å². The number of nitrogens with one attached hydrogen (secondary N) is 2. The lowest BCUT2D eigenvalue weighted by Crippen LogP contribution is -2.35. The van der Waals surface area contributed by atoms with Gasteiger partial charge < -0.3 is 10.6 Å². The summed E-state index contributed by atoms with van der Waals surface area (Å²) < 4.78 is 1.66. The Balaban J connectivity index is 1.93. The minimum atomic E-state index is -0.0322. The minimum absolute atomic E-state index is 0.0322. The number of anilines is 1. The molecule has 0 bridgehead atoms. The number of hydrogen-bond acceptors (Lipinski definition) is 3. The van der Waals surface area contributed by atoms with Crippen LogP contribution < -0.4 is 10.6 Å². The van der Waals surface area contributed by atoms with Gasteiger partial charge in [-0.25, -0.2) is 0 Å². The molecule has 76 valence electrons. The van der Waals surface area contributed by atoms with Crippen LogP contribution in [0.2, 0.25) is 0 Å². The van der Waals surface area contributed by atoms with E-state index in [4.69, 9.17) is 0 Å². The zero-order valence-corrected chi connectivity index (χ0v) is 8.16. The Hall–Kier alpha value is -1.36. The zero-order chi connectivity index (χ0) is 9.97. The average Bonchev–Trinajstić information content (AvgIpc) is 2.75. The molecule has 1 saturated heterocycles. The van der Waals surface area contributed by atoms with Crippen LogP contribution in [-0.4, -0.2) is 28.3 Å². The minimum Gasteiger partial charge on any atom is -0.322 e. The lowest BCUT2D eigenvalue weighted by Gasteiger charge is -2.08. The molecule has 2 N–H and O–H groups in total. The second kappa shape index (κ2) is 3.79. The van der Waals surface area contributed by atoms with Crippen molar-refractivity contribution in [3.63, 3.8) is 0 Å². The molecule has 0 saturated carbocycles. The number of carbonyl (C=O) groups is 1.